The van der Waals surface area contributed by atoms with Crippen molar-refractivity contribution in [2.75, 3.05) is 5.73 Å². The van der Waals surface area contributed by atoms with Crippen LogP contribution in [0.1, 0.15) is 0 Å². The van der Waals surface area contributed by atoms with E-state index in [4.69, 9.17) is 10.5 Å². The van der Waals surface area contributed by atoms with Crippen LogP contribution in [0.5, 0.6) is 11.5 Å². The summed E-state index contributed by atoms with van der Waals surface area (Å²) in [6.07, 6.45) is 3.16. The fourth-order valence-corrected chi connectivity index (χ4v) is 2.99. The van der Waals surface area contributed by atoms with Crippen LogP contribution >= 0.6 is 11.8 Å². The van der Waals surface area contributed by atoms with Gasteiger partial charge in [0.15, 0.2) is 11.6 Å². The van der Waals surface area contributed by atoms with Gasteiger partial charge in [0.1, 0.15) is 17.3 Å². The standard InChI is InChI=1S/C17H11F2N3O3S/c18-10-1-2-15(12(19)7-10)25-16-9-14(22(23)24)13(20)8-17(16)26-11-3-5-21-6-4-11/h1-9H,20H2. The van der Waals surface area contributed by atoms with Gasteiger partial charge in [0.25, 0.3) is 5.69 Å². The summed E-state index contributed by atoms with van der Waals surface area (Å²) in [5, 5.41) is 11.1. The first kappa shape index (κ1) is 17.6. The molecule has 0 aliphatic heterocycles. The van der Waals surface area contributed by atoms with Crippen LogP contribution in [0.25, 0.3) is 0 Å². The van der Waals surface area contributed by atoms with Gasteiger partial charge in [-0.3, -0.25) is 15.1 Å². The van der Waals surface area contributed by atoms with Gasteiger partial charge in [0.05, 0.1) is 15.9 Å². The van der Waals surface area contributed by atoms with Crippen molar-refractivity contribution in [2.24, 2.45) is 0 Å². The SMILES string of the molecule is Nc1cc(Sc2ccncc2)c(Oc2ccc(F)cc2F)cc1[N+](=O)[O-]. The monoisotopic (exact) mass is 375 g/mol. The molecule has 0 atom stereocenters. The molecule has 1 heterocycles. The molecule has 9 heteroatoms. The van der Waals surface area contributed by atoms with Crippen LogP contribution in [-0.4, -0.2) is 9.91 Å². The number of rotatable bonds is 5. The molecule has 0 saturated heterocycles. The maximum Gasteiger partial charge on any atom is 0.295 e. The van der Waals surface area contributed by atoms with E-state index in [1.54, 1.807) is 24.5 Å². The van der Waals surface area contributed by atoms with Crippen LogP contribution in [0.3, 0.4) is 0 Å². The Kier molecular flexibility index (Phi) is 4.99. The number of anilines is 1. The number of hydrogen-bond acceptors (Lipinski definition) is 6. The Morgan fingerprint density at radius 1 is 1.08 bits per heavy atom. The lowest BCUT2D eigenvalue weighted by Crippen LogP contribution is -1.98. The van der Waals surface area contributed by atoms with Crippen LogP contribution in [0.15, 0.2) is 64.6 Å². The maximum absolute atomic E-state index is 13.9. The number of halogens is 2. The van der Waals surface area contributed by atoms with Crippen molar-refractivity contribution in [3.63, 3.8) is 0 Å². The van der Waals surface area contributed by atoms with E-state index < -0.39 is 16.6 Å². The molecule has 0 aliphatic rings. The molecule has 132 valence electrons. The van der Waals surface area contributed by atoms with E-state index in [9.17, 15) is 18.9 Å². The largest absolute Gasteiger partial charge is 0.453 e. The van der Waals surface area contributed by atoms with Gasteiger partial charge in [-0.05, 0) is 30.3 Å². The number of nitrogens with two attached hydrogens (primary N) is 1. The lowest BCUT2D eigenvalue weighted by molar-refractivity contribution is -0.384. The molecular formula is C17H11F2N3O3S. The molecule has 0 aliphatic carbocycles. The van der Waals surface area contributed by atoms with Gasteiger partial charge >= 0.3 is 0 Å². The van der Waals surface area contributed by atoms with Gasteiger partial charge in [-0.2, -0.15) is 0 Å². The Hall–Kier alpha value is -3.20. The fourth-order valence-electron chi connectivity index (χ4n) is 2.09. The van der Waals surface area contributed by atoms with Crippen molar-refractivity contribution in [2.45, 2.75) is 9.79 Å². The number of ether oxygens (including phenoxy) is 1. The minimum absolute atomic E-state index is 0.0261. The van der Waals surface area contributed by atoms with Crippen molar-refractivity contribution in [3.05, 3.63) is 76.6 Å². The number of hydrogen-bond donors (Lipinski definition) is 1. The second-order valence-electron chi connectivity index (χ2n) is 5.08. The first-order chi connectivity index (χ1) is 12.4. The minimum atomic E-state index is -0.927. The Morgan fingerprint density at radius 3 is 2.46 bits per heavy atom. The van der Waals surface area contributed by atoms with Crippen molar-refractivity contribution >= 4 is 23.1 Å². The number of benzene rings is 2. The van der Waals surface area contributed by atoms with Gasteiger partial charge in [0, 0.05) is 23.4 Å². The molecule has 0 saturated carbocycles. The van der Waals surface area contributed by atoms with Crippen LogP contribution in [-0.2, 0) is 0 Å². The minimum Gasteiger partial charge on any atom is -0.453 e. The zero-order valence-electron chi connectivity index (χ0n) is 13.1. The summed E-state index contributed by atoms with van der Waals surface area (Å²) < 4.78 is 32.4. The van der Waals surface area contributed by atoms with E-state index in [2.05, 4.69) is 4.98 Å². The number of nitro groups is 1. The highest BCUT2D eigenvalue weighted by atomic mass is 32.2. The number of nitrogen functional groups attached to an aromatic ring is 1. The molecule has 2 N–H and O–H groups in total. The topological polar surface area (TPSA) is 91.3 Å². The third-order valence-electron chi connectivity index (χ3n) is 3.28. The van der Waals surface area contributed by atoms with Crippen molar-refractivity contribution < 1.29 is 18.4 Å². The lowest BCUT2D eigenvalue weighted by atomic mass is 10.2. The molecule has 0 spiro atoms. The normalized spacial score (nSPS) is 10.5. The lowest BCUT2D eigenvalue weighted by Gasteiger charge is -2.12. The highest BCUT2D eigenvalue weighted by molar-refractivity contribution is 7.99. The predicted molar refractivity (Wildman–Crippen MR) is 92.3 cm³/mol. The summed E-state index contributed by atoms with van der Waals surface area (Å²) in [6.45, 7) is 0. The molecule has 0 fully saturated rings. The Morgan fingerprint density at radius 2 is 1.81 bits per heavy atom. The molecule has 0 bridgehead atoms. The van der Waals surface area contributed by atoms with E-state index >= 15 is 0 Å². The van der Waals surface area contributed by atoms with E-state index in [1.807, 2.05) is 0 Å². The zero-order valence-corrected chi connectivity index (χ0v) is 13.9. The first-order valence-corrected chi connectivity index (χ1v) is 8.04. The van der Waals surface area contributed by atoms with E-state index in [-0.39, 0.29) is 22.9 Å². The van der Waals surface area contributed by atoms with Crippen molar-refractivity contribution in [1.29, 1.82) is 0 Å². The molecule has 0 amide bonds. The quantitative estimate of drug-likeness (QED) is 0.391. The molecule has 3 aromatic rings. The summed E-state index contributed by atoms with van der Waals surface area (Å²) >= 11 is 1.21. The second-order valence-corrected chi connectivity index (χ2v) is 6.19. The van der Waals surface area contributed by atoms with Crippen molar-refractivity contribution in [3.8, 4) is 11.5 Å². The Balaban J connectivity index is 2.04. The second kappa shape index (κ2) is 7.36. The third kappa shape index (κ3) is 3.89. The van der Waals surface area contributed by atoms with Crippen LogP contribution in [0, 0.1) is 21.7 Å². The highest BCUT2D eigenvalue weighted by Gasteiger charge is 2.19. The van der Waals surface area contributed by atoms with Gasteiger partial charge in [-0.1, -0.05) is 11.8 Å². The molecule has 0 unspecified atom stereocenters. The molecule has 3 rings (SSSR count). The highest BCUT2D eigenvalue weighted by Crippen LogP contribution is 2.42. The summed E-state index contributed by atoms with van der Waals surface area (Å²) in [5.41, 5.74) is 5.31. The fraction of sp³-hybridized carbons (Fsp3) is 0. The molecule has 6 nitrogen and oxygen atoms in total. The van der Waals surface area contributed by atoms with E-state index in [1.165, 1.54) is 17.8 Å². The van der Waals surface area contributed by atoms with Gasteiger partial charge in [-0.25, -0.2) is 8.78 Å². The van der Waals surface area contributed by atoms with Crippen LogP contribution in [0.2, 0.25) is 0 Å². The Labute approximate surface area is 150 Å². The third-order valence-corrected chi connectivity index (χ3v) is 4.33. The molecule has 2 aromatic carbocycles. The number of nitrogens with zero attached hydrogens (tertiary/aromatic N) is 2. The number of pyridine rings is 1. The van der Waals surface area contributed by atoms with Crippen LogP contribution in [0.4, 0.5) is 20.2 Å². The summed E-state index contributed by atoms with van der Waals surface area (Å²) in [5.74, 6) is -1.92. The molecular weight excluding hydrogens is 364 g/mol. The van der Waals surface area contributed by atoms with Gasteiger partial charge < -0.3 is 10.5 Å². The van der Waals surface area contributed by atoms with Gasteiger partial charge in [-0.15, -0.1) is 0 Å². The van der Waals surface area contributed by atoms with Crippen LogP contribution < -0.4 is 10.5 Å². The summed E-state index contributed by atoms with van der Waals surface area (Å²) in [6, 6.07) is 8.74. The van der Waals surface area contributed by atoms with Gasteiger partial charge in [0.2, 0.25) is 0 Å². The number of aromatic nitrogens is 1. The average molecular weight is 375 g/mol. The van der Waals surface area contributed by atoms with E-state index in [0.717, 1.165) is 23.1 Å². The maximum atomic E-state index is 13.9. The number of nitro benzene ring substituents is 1. The Bertz CT molecular complexity index is 971. The molecule has 26 heavy (non-hydrogen) atoms. The smallest absolute Gasteiger partial charge is 0.295 e. The molecule has 0 radical (unpaired) electrons. The molecule has 1 aromatic heterocycles. The summed E-state index contributed by atoms with van der Waals surface area (Å²) in [7, 11) is 0. The summed E-state index contributed by atoms with van der Waals surface area (Å²) in [4.78, 5) is 15.6. The zero-order chi connectivity index (χ0) is 18.7. The predicted octanol–water partition coefficient (Wildman–Crippen LogP) is 4.79. The van der Waals surface area contributed by atoms with E-state index in [0.29, 0.717) is 11.0 Å². The van der Waals surface area contributed by atoms with Crippen molar-refractivity contribution in [1.82, 2.24) is 4.98 Å². The first-order valence-electron chi connectivity index (χ1n) is 7.23. The average Bonchev–Trinajstić information content (AvgIpc) is 2.60.